The quantitative estimate of drug-likeness (QED) is 0.858. The van der Waals surface area contributed by atoms with E-state index in [-0.39, 0.29) is 23.5 Å². The van der Waals surface area contributed by atoms with Crippen LogP contribution >= 0.6 is 12.2 Å². The monoisotopic (exact) mass is 295 g/mol. The van der Waals surface area contributed by atoms with E-state index >= 15 is 0 Å². The molecular formula is C16H22FNOS. The summed E-state index contributed by atoms with van der Waals surface area (Å²) in [5.74, 6) is 1.09. The Labute approximate surface area is 125 Å². The molecule has 0 saturated heterocycles. The molecule has 0 radical (unpaired) electrons. The molecule has 0 aliphatic heterocycles. The van der Waals surface area contributed by atoms with Crippen molar-refractivity contribution in [1.82, 2.24) is 0 Å². The van der Waals surface area contributed by atoms with Gasteiger partial charge in [-0.15, -0.1) is 0 Å². The molecule has 110 valence electrons. The molecule has 4 heteroatoms. The van der Waals surface area contributed by atoms with E-state index in [0.29, 0.717) is 23.0 Å². The van der Waals surface area contributed by atoms with Crippen molar-refractivity contribution in [3.63, 3.8) is 0 Å². The van der Waals surface area contributed by atoms with Gasteiger partial charge in [0, 0.05) is 11.1 Å². The van der Waals surface area contributed by atoms with Gasteiger partial charge in [0.1, 0.15) is 10.8 Å². The largest absolute Gasteiger partial charge is 0.389 e. The number of rotatable bonds is 4. The fourth-order valence-electron chi connectivity index (χ4n) is 3.06. The van der Waals surface area contributed by atoms with Crippen LogP contribution in [-0.4, -0.2) is 11.1 Å². The van der Waals surface area contributed by atoms with Gasteiger partial charge in [-0.1, -0.05) is 26.1 Å². The topological polar surface area (TPSA) is 35.2 Å². The number of benzene rings is 1. The summed E-state index contributed by atoms with van der Waals surface area (Å²) >= 11 is 4.92. The van der Waals surface area contributed by atoms with Gasteiger partial charge in [0.05, 0.1) is 12.7 Å². The minimum absolute atomic E-state index is 0.224. The van der Waals surface area contributed by atoms with Gasteiger partial charge in [0.15, 0.2) is 0 Å². The SMILES string of the molecule is CC1CC(C)CC(OCc2cc(C(N)=S)ccc2F)C1. The van der Waals surface area contributed by atoms with E-state index in [0.717, 1.165) is 12.8 Å². The Morgan fingerprint density at radius 2 is 1.95 bits per heavy atom. The predicted octanol–water partition coefficient (Wildman–Crippen LogP) is 3.80. The molecule has 0 aromatic heterocycles. The smallest absolute Gasteiger partial charge is 0.128 e. The van der Waals surface area contributed by atoms with Crippen molar-refractivity contribution in [2.45, 2.75) is 45.8 Å². The molecule has 2 rings (SSSR count). The Balaban J connectivity index is 1.99. The van der Waals surface area contributed by atoms with Crippen LogP contribution in [0.15, 0.2) is 18.2 Å². The molecule has 0 amide bonds. The second-order valence-corrected chi connectivity index (χ2v) is 6.46. The van der Waals surface area contributed by atoms with Crippen LogP contribution < -0.4 is 5.73 Å². The Bertz CT molecular complexity index is 481. The van der Waals surface area contributed by atoms with E-state index in [1.165, 1.54) is 12.5 Å². The van der Waals surface area contributed by atoms with Crippen molar-refractivity contribution >= 4 is 17.2 Å². The Morgan fingerprint density at radius 1 is 1.30 bits per heavy atom. The predicted molar refractivity (Wildman–Crippen MR) is 83.0 cm³/mol. The highest BCUT2D eigenvalue weighted by molar-refractivity contribution is 7.80. The summed E-state index contributed by atoms with van der Waals surface area (Å²) < 4.78 is 19.7. The molecule has 1 aliphatic carbocycles. The lowest BCUT2D eigenvalue weighted by molar-refractivity contribution is -0.0102. The van der Waals surface area contributed by atoms with Gasteiger partial charge >= 0.3 is 0 Å². The summed E-state index contributed by atoms with van der Waals surface area (Å²) in [6.07, 6.45) is 3.59. The normalized spacial score (nSPS) is 26.4. The molecule has 20 heavy (non-hydrogen) atoms. The summed E-state index contributed by atoms with van der Waals surface area (Å²) in [5.41, 5.74) is 6.79. The Morgan fingerprint density at radius 3 is 2.55 bits per heavy atom. The highest BCUT2D eigenvalue weighted by Gasteiger charge is 2.24. The van der Waals surface area contributed by atoms with Crippen molar-refractivity contribution in [3.05, 3.63) is 35.1 Å². The van der Waals surface area contributed by atoms with Gasteiger partial charge in [0.2, 0.25) is 0 Å². The van der Waals surface area contributed by atoms with Gasteiger partial charge in [-0.25, -0.2) is 4.39 Å². The molecular weight excluding hydrogens is 273 g/mol. The third-order valence-electron chi connectivity index (χ3n) is 3.94. The van der Waals surface area contributed by atoms with Crippen molar-refractivity contribution in [3.8, 4) is 0 Å². The van der Waals surface area contributed by atoms with E-state index in [1.54, 1.807) is 12.1 Å². The molecule has 1 aliphatic rings. The number of hydrogen-bond donors (Lipinski definition) is 1. The first-order chi connectivity index (χ1) is 9.45. The fourth-order valence-corrected chi connectivity index (χ4v) is 3.18. The van der Waals surface area contributed by atoms with Crippen molar-refractivity contribution in [1.29, 1.82) is 0 Å². The third kappa shape index (κ3) is 4.00. The zero-order valence-corrected chi connectivity index (χ0v) is 12.9. The summed E-state index contributed by atoms with van der Waals surface area (Å²) in [6, 6.07) is 4.69. The average Bonchev–Trinajstić information content (AvgIpc) is 2.36. The van der Waals surface area contributed by atoms with Gasteiger partial charge < -0.3 is 10.5 Å². The Hall–Kier alpha value is -1.00. The number of ether oxygens (including phenoxy) is 1. The number of thiocarbonyl (C=S) groups is 1. The summed E-state index contributed by atoms with van der Waals surface area (Å²) in [6.45, 7) is 4.78. The zero-order chi connectivity index (χ0) is 14.7. The van der Waals surface area contributed by atoms with Gasteiger partial charge in [-0.05, 0) is 49.3 Å². The maximum atomic E-state index is 13.8. The second kappa shape index (κ2) is 6.64. The first kappa shape index (κ1) is 15.4. The van der Waals surface area contributed by atoms with E-state index in [4.69, 9.17) is 22.7 Å². The Kier molecular flexibility index (Phi) is 5.11. The summed E-state index contributed by atoms with van der Waals surface area (Å²) in [5, 5.41) is 0. The van der Waals surface area contributed by atoms with Crippen LogP contribution in [0.5, 0.6) is 0 Å². The van der Waals surface area contributed by atoms with Crippen LogP contribution in [0.4, 0.5) is 4.39 Å². The summed E-state index contributed by atoms with van der Waals surface area (Å²) in [4.78, 5) is 0.283. The van der Waals surface area contributed by atoms with Crippen LogP contribution in [0.3, 0.4) is 0 Å². The molecule has 2 atom stereocenters. The number of nitrogens with two attached hydrogens (primary N) is 1. The standard InChI is InChI=1S/C16H22FNOS/c1-10-5-11(2)7-14(6-10)19-9-13-8-12(16(18)20)3-4-15(13)17/h3-4,8,10-11,14H,5-7,9H2,1-2H3,(H2,18,20). The minimum Gasteiger partial charge on any atom is -0.389 e. The van der Waals surface area contributed by atoms with Crippen molar-refractivity contribution in [2.75, 3.05) is 0 Å². The van der Waals surface area contributed by atoms with E-state index in [2.05, 4.69) is 13.8 Å². The highest BCUT2D eigenvalue weighted by atomic mass is 32.1. The molecule has 0 heterocycles. The lowest BCUT2D eigenvalue weighted by Crippen LogP contribution is -2.26. The lowest BCUT2D eigenvalue weighted by Gasteiger charge is -2.31. The molecule has 1 aromatic rings. The zero-order valence-electron chi connectivity index (χ0n) is 12.1. The first-order valence-electron chi connectivity index (χ1n) is 7.15. The number of hydrogen-bond acceptors (Lipinski definition) is 2. The van der Waals surface area contributed by atoms with Crippen molar-refractivity contribution in [2.24, 2.45) is 17.6 Å². The molecule has 1 fully saturated rings. The van der Waals surface area contributed by atoms with Crippen LogP contribution in [-0.2, 0) is 11.3 Å². The van der Waals surface area contributed by atoms with Gasteiger partial charge in [-0.2, -0.15) is 0 Å². The van der Waals surface area contributed by atoms with Crippen LogP contribution in [0, 0.1) is 17.7 Å². The molecule has 2 unspecified atom stereocenters. The summed E-state index contributed by atoms with van der Waals surface area (Å²) in [7, 11) is 0. The maximum absolute atomic E-state index is 13.8. The lowest BCUT2D eigenvalue weighted by atomic mass is 9.82. The van der Waals surface area contributed by atoms with Crippen molar-refractivity contribution < 1.29 is 9.13 Å². The second-order valence-electron chi connectivity index (χ2n) is 6.02. The molecule has 0 bridgehead atoms. The van der Waals surface area contributed by atoms with Crippen LogP contribution in [0.1, 0.15) is 44.2 Å². The van der Waals surface area contributed by atoms with E-state index in [9.17, 15) is 4.39 Å². The van der Waals surface area contributed by atoms with Gasteiger partial charge in [-0.3, -0.25) is 0 Å². The maximum Gasteiger partial charge on any atom is 0.128 e. The van der Waals surface area contributed by atoms with E-state index < -0.39 is 0 Å². The fraction of sp³-hybridized carbons (Fsp3) is 0.562. The average molecular weight is 295 g/mol. The highest BCUT2D eigenvalue weighted by Crippen LogP contribution is 2.31. The molecule has 1 aromatic carbocycles. The van der Waals surface area contributed by atoms with E-state index in [1.807, 2.05) is 0 Å². The molecule has 0 spiro atoms. The number of halogens is 1. The van der Waals surface area contributed by atoms with Gasteiger partial charge in [0.25, 0.3) is 0 Å². The third-order valence-corrected chi connectivity index (χ3v) is 4.18. The van der Waals surface area contributed by atoms with Crippen LogP contribution in [0.2, 0.25) is 0 Å². The minimum atomic E-state index is -0.262. The molecule has 1 saturated carbocycles. The first-order valence-corrected chi connectivity index (χ1v) is 7.56. The van der Waals surface area contributed by atoms with Crippen LogP contribution in [0.25, 0.3) is 0 Å². The molecule has 2 N–H and O–H groups in total. The molecule has 2 nitrogen and oxygen atoms in total.